The van der Waals surface area contributed by atoms with E-state index in [0.29, 0.717) is 18.2 Å². The van der Waals surface area contributed by atoms with E-state index in [4.69, 9.17) is 0 Å². The molecule has 1 aromatic heterocycles. The number of nitrogens with zero attached hydrogens (tertiary/aromatic N) is 3. The van der Waals surface area contributed by atoms with Crippen LogP contribution < -0.4 is 10.6 Å². The molecule has 0 radical (unpaired) electrons. The maximum absolute atomic E-state index is 12.1. The smallest absolute Gasteiger partial charge is 0.240 e. The van der Waals surface area contributed by atoms with Crippen LogP contribution in [0.5, 0.6) is 0 Å². The molecule has 0 saturated carbocycles. The molecule has 2 N–H and O–H groups in total. The summed E-state index contributed by atoms with van der Waals surface area (Å²) in [5, 5.41) is 8.32. The van der Waals surface area contributed by atoms with Gasteiger partial charge in [0.15, 0.2) is 5.13 Å². The number of hydrogen-bond donors (Lipinski definition) is 2. The Balaban J connectivity index is 1.94. The van der Waals surface area contributed by atoms with Gasteiger partial charge < -0.3 is 15.5 Å². The molecule has 0 spiro atoms. The van der Waals surface area contributed by atoms with Crippen molar-refractivity contribution in [2.75, 3.05) is 45.6 Å². The lowest BCUT2D eigenvalue weighted by Crippen LogP contribution is -2.58. The maximum Gasteiger partial charge on any atom is 0.240 e. The minimum atomic E-state index is -0.291. The summed E-state index contributed by atoms with van der Waals surface area (Å²) in [7, 11) is 3.45. The van der Waals surface area contributed by atoms with Crippen LogP contribution in [-0.2, 0) is 9.59 Å². The molecular weight excluding hydrogens is 278 g/mol. The Morgan fingerprint density at radius 3 is 3.05 bits per heavy atom. The monoisotopic (exact) mass is 297 g/mol. The number of anilines is 1. The molecule has 1 fully saturated rings. The predicted octanol–water partition coefficient (Wildman–Crippen LogP) is -0.556. The van der Waals surface area contributed by atoms with Crippen LogP contribution in [0.2, 0.25) is 0 Å². The molecule has 1 aliphatic rings. The summed E-state index contributed by atoms with van der Waals surface area (Å²) in [5.41, 5.74) is 0. The Morgan fingerprint density at radius 1 is 1.60 bits per heavy atom. The van der Waals surface area contributed by atoms with E-state index >= 15 is 0 Å². The summed E-state index contributed by atoms with van der Waals surface area (Å²) in [5.74, 6) is -0.127. The lowest BCUT2D eigenvalue weighted by Gasteiger charge is -2.35. The number of nitrogens with one attached hydrogen (secondary N) is 2. The molecular formula is C12H19N5O2S. The van der Waals surface area contributed by atoms with E-state index in [0.717, 1.165) is 6.54 Å². The van der Waals surface area contributed by atoms with Gasteiger partial charge in [-0.2, -0.15) is 0 Å². The van der Waals surface area contributed by atoms with Crippen LogP contribution in [0.4, 0.5) is 5.13 Å². The molecule has 1 aromatic rings. The Kier molecular flexibility index (Phi) is 5.05. The molecule has 1 saturated heterocycles. The van der Waals surface area contributed by atoms with Crippen LogP contribution in [0.3, 0.4) is 0 Å². The Labute approximate surface area is 122 Å². The standard InChI is InChI=1S/C12H19N5O2S/c1-16(2)11(19)9-7-13-3-5-17(9)8-10(18)15-12-14-4-6-20-12/h4,6,9,13H,3,5,7-8H2,1-2H3,(H,14,15,18). The second-order valence-electron chi connectivity index (χ2n) is 4.81. The highest BCUT2D eigenvalue weighted by atomic mass is 32.1. The molecule has 110 valence electrons. The lowest BCUT2D eigenvalue weighted by atomic mass is 10.1. The Hall–Kier alpha value is -1.51. The van der Waals surface area contributed by atoms with Crippen molar-refractivity contribution in [3.05, 3.63) is 11.6 Å². The van der Waals surface area contributed by atoms with E-state index in [9.17, 15) is 9.59 Å². The quantitative estimate of drug-likeness (QED) is 0.779. The van der Waals surface area contributed by atoms with Gasteiger partial charge in [-0.25, -0.2) is 4.98 Å². The van der Waals surface area contributed by atoms with Gasteiger partial charge in [-0.15, -0.1) is 11.3 Å². The number of carbonyl (C=O) groups is 2. The lowest BCUT2D eigenvalue weighted by molar-refractivity contribution is -0.135. The van der Waals surface area contributed by atoms with Crippen molar-refractivity contribution in [3.63, 3.8) is 0 Å². The molecule has 0 aromatic carbocycles. The molecule has 2 heterocycles. The average molecular weight is 297 g/mol. The maximum atomic E-state index is 12.1. The first kappa shape index (κ1) is 14.9. The zero-order valence-electron chi connectivity index (χ0n) is 11.6. The highest BCUT2D eigenvalue weighted by Gasteiger charge is 2.30. The van der Waals surface area contributed by atoms with Crippen molar-refractivity contribution in [2.45, 2.75) is 6.04 Å². The van der Waals surface area contributed by atoms with Crippen LogP contribution in [0.15, 0.2) is 11.6 Å². The van der Waals surface area contributed by atoms with Gasteiger partial charge in [0.2, 0.25) is 11.8 Å². The van der Waals surface area contributed by atoms with E-state index in [1.165, 1.54) is 11.3 Å². The van der Waals surface area contributed by atoms with Crippen LogP contribution in [-0.4, -0.2) is 72.9 Å². The Bertz CT molecular complexity index is 462. The van der Waals surface area contributed by atoms with Crippen LogP contribution in [0.25, 0.3) is 0 Å². The van der Waals surface area contributed by atoms with E-state index in [-0.39, 0.29) is 24.4 Å². The third-order valence-corrected chi connectivity index (χ3v) is 3.79. The average Bonchev–Trinajstić information content (AvgIpc) is 2.91. The molecule has 0 bridgehead atoms. The van der Waals surface area contributed by atoms with Crippen molar-refractivity contribution >= 4 is 28.3 Å². The van der Waals surface area contributed by atoms with Crippen molar-refractivity contribution in [1.29, 1.82) is 0 Å². The normalized spacial score (nSPS) is 19.6. The molecule has 0 aliphatic carbocycles. The number of piperazine rings is 1. The van der Waals surface area contributed by atoms with E-state index < -0.39 is 0 Å². The van der Waals surface area contributed by atoms with Gasteiger partial charge in [0.25, 0.3) is 0 Å². The van der Waals surface area contributed by atoms with Gasteiger partial charge in [-0.05, 0) is 0 Å². The third-order valence-electron chi connectivity index (χ3n) is 3.11. The fourth-order valence-corrected chi connectivity index (χ4v) is 2.65. The molecule has 1 unspecified atom stereocenters. The highest BCUT2D eigenvalue weighted by Crippen LogP contribution is 2.11. The minimum absolute atomic E-state index is 0.0132. The SMILES string of the molecule is CN(C)C(=O)C1CNCCN1CC(=O)Nc1nccs1. The number of rotatable bonds is 4. The number of likely N-dealkylation sites (N-methyl/N-ethyl adjacent to an activating group) is 1. The number of amides is 2. The summed E-state index contributed by atoms with van der Waals surface area (Å²) >= 11 is 1.38. The largest absolute Gasteiger partial charge is 0.347 e. The number of hydrogen-bond acceptors (Lipinski definition) is 6. The van der Waals surface area contributed by atoms with Crippen LogP contribution in [0.1, 0.15) is 0 Å². The molecule has 2 rings (SSSR count). The van der Waals surface area contributed by atoms with Crippen LogP contribution in [0, 0.1) is 0 Å². The summed E-state index contributed by atoms with van der Waals surface area (Å²) in [6, 6.07) is -0.291. The summed E-state index contributed by atoms with van der Waals surface area (Å²) < 4.78 is 0. The van der Waals surface area contributed by atoms with E-state index in [1.54, 1.807) is 30.6 Å². The predicted molar refractivity (Wildman–Crippen MR) is 77.7 cm³/mol. The summed E-state index contributed by atoms with van der Waals surface area (Å²) in [6.07, 6.45) is 1.64. The fourth-order valence-electron chi connectivity index (χ4n) is 2.11. The zero-order valence-corrected chi connectivity index (χ0v) is 12.4. The first-order valence-corrected chi connectivity index (χ1v) is 7.31. The third kappa shape index (κ3) is 3.75. The van der Waals surface area contributed by atoms with Crippen LogP contribution >= 0.6 is 11.3 Å². The first-order valence-electron chi connectivity index (χ1n) is 6.43. The zero-order chi connectivity index (χ0) is 14.5. The highest BCUT2D eigenvalue weighted by molar-refractivity contribution is 7.13. The minimum Gasteiger partial charge on any atom is -0.347 e. The van der Waals surface area contributed by atoms with Crippen molar-refractivity contribution in [1.82, 2.24) is 20.1 Å². The molecule has 20 heavy (non-hydrogen) atoms. The molecule has 1 aliphatic heterocycles. The summed E-state index contributed by atoms with van der Waals surface area (Å²) in [4.78, 5) is 31.6. The van der Waals surface area contributed by atoms with Gasteiger partial charge in [0.05, 0.1) is 6.54 Å². The van der Waals surface area contributed by atoms with Crippen molar-refractivity contribution in [2.24, 2.45) is 0 Å². The van der Waals surface area contributed by atoms with E-state index in [2.05, 4.69) is 15.6 Å². The van der Waals surface area contributed by atoms with Crippen molar-refractivity contribution < 1.29 is 9.59 Å². The molecule has 7 nitrogen and oxygen atoms in total. The number of carbonyl (C=O) groups excluding carboxylic acids is 2. The second kappa shape index (κ2) is 6.78. The molecule has 1 atom stereocenters. The molecule has 2 amide bonds. The second-order valence-corrected chi connectivity index (χ2v) is 5.70. The number of thiazole rings is 1. The molecule has 8 heteroatoms. The Morgan fingerprint density at radius 2 is 2.40 bits per heavy atom. The summed E-state index contributed by atoms with van der Waals surface area (Å²) in [6.45, 7) is 2.23. The first-order chi connectivity index (χ1) is 9.58. The van der Waals surface area contributed by atoms with Gasteiger partial charge in [-0.3, -0.25) is 14.5 Å². The topological polar surface area (TPSA) is 77.6 Å². The number of aromatic nitrogens is 1. The van der Waals surface area contributed by atoms with Gasteiger partial charge in [-0.1, -0.05) is 0 Å². The van der Waals surface area contributed by atoms with E-state index in [1.807, 2.05) is 4.90 Å². The van der Waals surface area contributed by atoms with Crippen molar-refractivity contribution in [3.8, 4) is 0 Å². The van der Waals surface area contributed by atoms with Gasteiger partial charge in [0, 0.05) is 45.3 Å². The fraction of sp³-hybridized carbons (Fsp3) is 0.583. The van der Waals surface area contributed by atoms with Gasteiger partial charge >= 0.3 is 0 Å². The van der Waals surface area contributed by atoms with Gasteiger partial charge in [0.1, 0.15) is 6.04 Å².